The average Bonchev–Trinajstić information content (AvgIpc) is 3.43. The molecule has 1 amide bonds. The van der Waals surface area contributed by atoms with Crippen molar-refractivity contribution in [3.05, 3.63) is 79.2 Å². The molecule has 1 aliphatic rings. The summed E-state index contributed by atoms with van der Waals surface area (Å²) in [6.45, 7) is 8.11. The molecule has 226 valence electrons. The van der Waals surface area contributed by atoms with Gasteiger partial charge in [-0.25, -0.2) is 24.3 Å². The molecule has 10 nitrogen and oxygen atoms in total. The number of aromatic nitrogens is 5. The van der Waals surface area contributed by atoms with Gasteiger partial charge in [-0.15, -0.1) is 0 Å². The lowest BCUT2D eigenvalue weighted by Crippen LogP contribution is -2.61. The molecule has 0 saturated carbocycles. The predicted molar refractivity (Wildman–Crippen MR) is 161 cm³/mol. The Bertz CT molecular complexity index is 1910. The van der Waals surface area contributed by atoms with Gasteiger partial charge < -0.3 is 19.9 Å². The summed E-state index contributed by atoms with van der Waals surface area (Å²) in [5, 5.41) is 3.05. The van der Waals surface area contributed by atoms with Crippen molar-refractivity contribution in [1.29, 1.82) is 0 Å². The highest BCUT2D eigenvalue weighted by atomic mass is 19.3. The number of benzene rings is 2. The first-order chi connectivity index (χ1) is 21.1. The van der Waals surface area contributed by atoms with E-state index in [1.807, 2.05) is 26.0 Å². The van der Waals surface area contributed by atoms with Crippen molar-refractivity contribution in [3.63, 3.8) is 0 Å². The highest BCUT2D eigenvalue weighted by molar-refractivity contribution is 5.89. The van der Waals surface area contributed by atoms with Gasteiger partial charge in [0.1, 0.15) is 35.5 Å². The number of anilines is 3. The first-order valence-corrected chi connectivity index (χ1v) is 13.8. The van der Waals surface area contributed by atoms with Crippen LogP contribution in [0.2, 0.25) is 0 Å². The van der Waals surface area contributed by atoms with Crippen LogP contribution >= 0.6 is 0 Å². The van der Waals surface area contributed by atoms with E-state index in [9.17, 15) is 13.6 Å². The maximum Gasteiger partial charge on any atom is 0.320 e. The van der Waals surface area contributed by atoms with Gasteiger partial charge >= 0.3 is 6.55 Å². The summed E-state index contributed by atoms with van der Waals surface area (Å²) >= 11 is 0. The number of piperazine rings is 1. The van der Waals surface area contributed by atoms with Gasteiger partial charge in [0.15, 0.2) is 11.6 Å². The third kappa shape index (κ3) is 5.25. The van der Waals surface area contributed by atoms with E-state index in [2.05, 4.69) is 31.7 Å². The molecule has 0 atom stereocenters. The van der Waals surface area contributed by atoms with Crippen LogP contribution in [0.1, 0.15) is 26.0 Å². The van der Waals surface area contributed by atoms with Gasteiger partial charge in [0.05, 0.1) is 27.8 Å². The minimum atomic E-state index is -2.71. The lowest BCUT2D eigenvalue weighted by molar-refractivity contribution is -0.131. The van der Waals surface area contributed by atoms with Crippen molar-refractivity contribution < 1.29 is 22.7 Å². The Morgan fingerprint density at radius 2 is 1.91 bits per heavy atom. The maximum atomic E-state index is 15.6. The van der Waals surface area contributed by atoms with Crippen LogP contribution in [0.5, 0.6) is 11.5 Å². The van der Waals surface area contributed by atoms with E-state index in [1.54, 1.807) is 17.9 Å². The number of rotatable bonds is 7. The summed E-state index contributed by atoms with van der Waals surface area (Å²) in [5.74, 6) is 0.922. The molecule has 2 aromatic carbocycles. The third-order valence-electron chi connectivity index (χ3n) is 7.71. The molecule has 1 fully saturated rings. The van der Waals surface area contributed by atoms with Crippen LogP contribution in [0.15, 0.2) is 67.8 Å². The monoisotopic (exact) mass is 602 g/mol. The lowest BCUT2D eigenvalue weighted by Gasteiger charge is -2.47. The zero-order chi connectivity index (χ0) is 31.2. The lowest BCUT2D eigenvalue weighted by atomic mass is 9.98. The van der Waals surface area contributed by atoms with Crippen molar-refractivity contribution >= 4 is 45.3 Å². The molecular weight excluding hydrogens is 573 g/mol. The quantitative estimate of drug-likeness (QED) is 0.215. The largest absolute Gasteiger partial charge is 0.457 e. The second-order valence-electron chi connectivity index (χ2n) is 11.0. The Morgan fingerprint density at radius 1 is 1.09 bits per heavy atom. The van der Waals surface area contributed by atoms with Gasteiger partial charge in [-0.1, -0.05) is 6.58 Å². The second-order valence-corrected chi connectivity index (χ2v) is 11.0. The van der Waals surface area contributed by atoms with Crippen molar-refractivity contribution in [3.8, 4) is 11.5 Å². The number of carbonyl (C=O) groups excluding carboxylic acids is 1. The third-order valence-corrected chi connectivity index (χ3v) is 7.71. The fourth-order valence-corrected chi connectivity index (χ4v) is 5.43. The van der Waals surface area contributed by atoms with E-state index in [0.717, 1.165) is 10.9 Å². The fourth-order valence-electron chi connectivity index (χ4n) is 5.43. The summed E-state index contributed by atoms with van der Waals surface area (Å²) in [4.78, 5) is 33.7. The van der Waals surface area contributed by atoms with Gasteiger partial charge in [0.25, 0.3) is 0 Å². The number of halogens is 3. The Labute approximate surface area is 250 Å². The van der Waals surface area contributed by atoms with Gasteiger partial charge in [-0.3, -0.25) is 9.36 Å². The number of alkyl halides is 2. The Balaban J connectivity index is 1.25. The standard InChI is InChI=1S/C31H29F3N8O2/c1-5-26(43)42-13-12-40(15-31(42,3)4)25-11-8-21-28(39-25)29(36-16-35-21)38-20-7-10-24(18(2)27(20)32)44-19-6-9-23-22(14-19)37-17-41(23)30(33)34/h5-11,14,16-17,30H,1,12-13,15H2,2-4H3,(H,35,36,38). The van der Waals surface area contributed by atoms with Gasteiger partial charge in [-0.05, 0) is 63.2 Å². The highest BCUT2D eigenvalue weighted by Crippen LogP contribution is 2.34. The molecule has 0 radical (unpaired) electrons. The molecule has 3 aromatic heterocycles. The number of nitrogens with zero attached hydrogens (tertiary/aromatic N) is 7. The molecule has 1 N–H and O–H groups in total. The van der Waals surface area contributed by atoms with Gasteiger partial charge in [-0.2, -0.15) is 8.78 Å². The number of amides is 1. The van der Waals surface area contributed by atoms with E-state index >= 15 is 4.39 Å². The van der Waals surface area contributed by atoms with E-state index in [4.69, 9.17) is 9.72 Å². The molecule has 0 bridgehead atoms. The smallest absolute Gasteiger partial charge is 0.320 e. The Kier molecular flexibility index (Phi) is 7.31. The van der Waals surface area contributed by atoms with Crippen molar-refractivity contribution in [1.82, 2.24) is 29.4 Å². The van der Waals surface area contributed by atoms with Crippen LogP contribution in [-0.4, -0.2) is 60.5 Å². The highest BCUT2D eigenvalue weighted by Gasteiger charge is 2.36. The molecule has 13 heteroatoms. The summed E-state index contributed by atoms with van der Waals surface area (Å²) in [6, 6.07) is 11.4. The van der Waals surface area contributed by atoms with Gasteiger partial charge in [0, 0.05) is 31.3 Å². The van der Waals surface area contributed by atoms with Crippen LogP contribution < -0.4 is 15.0 Å². The molecule has 5 aromatic rings. The van der Waals surface area contributed by atoms with Crippen LogP contribution in [0, 0.1) is 12.7 Å². The number of imidazole rings is 1. The molecule has 44 heavy (non-hydrogen) atoms. The summed E-state index contributed by atoms with van der Waals surface area (Å²) in [7, 11) is 0. The molecule has 1 aliphatic heterocycles. The van der Waals surface area contributed by atoms with Crippen molar-refractivity contribution in [2.45, 2.75) is 32.9 Å². The zero-order valence-corrected chi connectivity index (χ0v) is 24.3. The number of pyridine rings is 1. The number of ether oxygens (including phenoxy) is 1. The molecule has 4 heterocycles. The minimum Gasteiger partial charge on any atom is -0.457 e. The number of fused-ring (bicyclic) bond motifs is 2. The van der Waals surface area contributed by atoms with Crippen molar-refractivity contribution in [2.75, 3.05) is 29.9 Å². The van der Waals surface area contributed by atoms with E-state index < -0.39 is 17.9 Å². The SMILES string of the molecule is C=CC(=O)N1CCN(c2ccc3ncnc(Nc4ccc(Oc5ccc6c(c5)ncn6C(F)F)c(C)c4F)c3n2)CC1(C)C. The number of hydrogen-bond donors (Lipinski definition) is 1. The number of nitrogens with one attached hydrogen (secondary N) is 1. The number of carbonyl (C=O) groups is 1. The predicted octanol–water partition coefficient (Wildman–Crippen LogP) is 6.37. The molecule has 6 rings (SSSR count). The van der Waals surface area contributed by atoms with E-state index in [-0.39, 0.29) is 28.4 Å². The molecule has 1 saturated heterocycles. The van der Waals surface area contributed by atoms with Gasteiger partial charge in [0.2, 0.25) is 5.91 Å². The summed E-state index contributed by atoms with van der Waals surface area (Å²) < 4.78 is 48.6. The summed E-state index contributed by atoms with van der Waals surface area (Å²) in [6.07, 6.45) is 3.77. The Morgan fingerprint density at radius 3 is 2.66 bits per heavy atom. The Hall–Kier alpha value is -5.20. The fraction of sp³-hybridized carbons (Fsp3) is 0.258. The first-order valence-electron chi connectivity index (χ1n) is 13.8. The van der Waals surface area contributed by atoms with Crippen LogP contribution in [-0.2, 0) is 4.79 Å². The van der Waals surface area contributed by atoms with Crippen molar-refractivity contribution in [2.24, 2.45) is 0 Å². The van der Waals surface area contributed by atoms with E-state index in [1.165, 1.54) is 36.7 Å². The molecule has 0 spiro atoms. The normalized spacial score (nSPS) is 14.8. The maximum absolute atomic E-state index is 15.6. The average molecular weight is 603 g/mol. The minimum absolute atomic E-state index is 0.114. The number of hydrogen-bond acceptors (Lipinski definition) is 8. The second kappa shape index (κ2) is 11.1. The van der Waals surface area contributed by atoms with E-state index in [0.29, 0.717) is 53.6 Å². The molecule has 0 aliphatic carbocycles. The van der Waals surface area contributed by atoms with Crippen LogP contribution in [0.4, 0.5) is 30.5 Å². The topological polar surface area (TPSA) is 101 Å². The van der Waals surface area contributed by atoms with Crippen LogP contribution in [0.3, 0.4) is 0 Å². The molecule has 0 unspecified atom stereocenters. The first kappa shape index (κ1) is 28.9. The zero-order valence-electron chi connectivity index (χ0n) is 24.3. The summed E-state index contributed by atoms with van der Waals surface area (Å²) in [5.41, 5.74) is 1.57. The van der Waals surface area contributed by atoms with Crippen LogP contribution in [0.25, 0.3) is 22.1 Å². The molecular formula is C31H29F3N8O2.